The molecule has 168 valence electrons. The first kappa shape index (κ1) is 28.4. The Morgan fingerprint density at radius 1 is 0.533 bits per heavy atom. The Bertz CT molecular complexity index is 722. The number of benzene rings is 2. The minimum absolute atomic E-state index is 0. The van der Waals surface area contributed by atoms with Crippen LogP contribution in [0.2, 0.25) is 0 Å². The maximum Gasteiger partial charge on any atom is 0.0699 e. The van der Waals surface area contributed by atoms with Gasteiger partial charge in [-0.2, -0.15) is 0 Å². The number of hydrogen-bond donors (Lipinski definition) is 0. The van der Waals surface area contributed by atoms with Crippen LogP contribution in [0.5, 0.6) is 0 Å². The van der Waals surface area contributed by atoms with E-state index in [2.05, 4.69) is 91.8 Å². The first-order chi connectivity index (χ1) is 13.2. The molecule has 0 saturated heterocycles. The van der Waals surface area contributed by atoms with E-state index in [1.54, 1.807) is 0 Å². The molecule has 0 heterocycles. The smallest absolute Gasteiger partial charge is 0.0699 e. The van der Waals surface area contributed by atoms with E-state index in [1.807, 2.05) is 12.4 Å². The van der Waals surface area contributed by atoms with Crippen molar-refractivity contribution in [3.05, 3.63) is 66.1 Å². The molecule has 2 rings (SSSR count). The largest absolute Gasteiger partial charge is 0.358 e. The maximum absolute atomic E-state index is 4.84. The van der Waals surface area contributed by atoms with Crippen LogP contribution in [-0.2, 0) is 20.4 Å². The van der Waals surface area contributed by atoms with Crippen molar-refractivity contribution in [2.24, 2.45) is 9.98 Å². The fourth-order valence-electron chi connectivity index (χ4n) is 3.54. The van der Waals surface area contributed by atoms with Crippen molar-refractivity contribution >= 4 is 23.8 Å². The number of nitrogens with zero attached hydrogens (tertiary/aromatic N) is 2. The van der Waals surface area contributed by atoms with Gasteiger partial charge in [0.1, 0.15) is 0 Å². The predicted molar refractivity (Wildman–Crippen MR) is 132 cm³/mol. The molecule has 0 N–H and O–H groups in total. The van der Waals surface area contributed by atoms with Crippen molar-refractivity contribution in [2.45, 2.75) is 79.1 Å². The van der Waals surface area contributed by atoms with E-state index < -0.39 is 0 Å². The average molecular weight is 498 g/mol. The van der Waals surface area contributed by atoms with Gasteiger partial charge in [0.15, 0.2) is 0 Å². The molecule has 2 aromatic carbocycles. The molecule has 0 spiro atoms. The Morgan fingerprint density at radius 2 is 0.767 bits per heavy atom. The van der Waals surface area contributed by atoms with Crippen LogP contribution in [0.3, 0.4) is 0 Å². The Balaban J connectivity index is 0.00000420. The summed E-state index contributed by atoms with van der Waals surface area (Å²) < 4.78 is 0. The molecule has 0 radical (unpaired) electrons. The van der Waals surface area contributed by atoms with Crippen LogP contribution < -0.4 is 0 Å². The number of rotatable bonds is 7. The SMILES string of the molecule is CC(C)c1cccc(C(C)C)c1N=CC=Nc1c(C(C)C)cccc1C(C)C.[CH3-].[Pd]. The fourth-order valence-corrected chi connectivity index (χ4v) is 3.54. The first-order valence-electron chi connectivity index (χ1n) is 10.6. The third kappa shape index (κ3) is 7.00. The maximum atomic E-state index is 4.84. The van der Waals surface area contributed by atoms with E-state index in [1.165, 1.54) is 22.3 Å². The number of para-hydroxylation sites is 2. The van der Waals surface area contributed by atoms with E-state index in [9.17, 15) is 0 Å². The van der Waals surface area contributed by atoms with Gasteiger partial charge in [-0.3, -0.25) is 9.98 Å². The molecule has 0 unspecified atom stereocenters. The van der Waals surface area contributed by atoms with Gasteiger partial charge < -0.3 is 7.43 Å². The van der Waals surface area contributed by atoms with Crippen molar-refractivity contribution in [3.8, 4) is 0 Å². The van der Waals surface area contributed by atoms with Gasteiger partial charge in [0, 0.05) is 32.9 Å². The second kappa shape index (κ2) is 13.0. The molecule has 0 bridgehead atoms. The molecule has 0 aliphatic heterocycles. The summed E-state index contributed by atoms with van der Waals surface area (Å²) >= 11 is 0. The minimum atomic E-state index is 0. The molecule has 0 aliphatic carbocycles. The predicted octanol–water partition coefficient (Wildman–Crippen LogP) is 8.73. The first-order valence-corrected chi connectivity index (χ1v) is 10.6. The van der Waals surface area contributed by atoms with Gasteiger partial charge in [-0.1, -0.05) is 91.8 Å². The summed E-state index contributed by atoms with van der Waals surface area (Å²) in [5.74, 6) is 1.77. The van der Waals surface area contributed by atoms with Crippen molar-refractivity contribution in [3.63, 3.8) is 0 Å². The van der Waals surface area contributed by atoms with Gasteiger partial charge in [0.05, 0.1) is 11.4 Å². The zero-order chi connectivity index (χ0) is 20.8. The summed E-state index contributed by atoms with van der Waals surface area (Å²) in [5, 5.41) is 0. The molecule has 3 heteroatoms. The second-order valence-electron chi connectivity index (χ2n) is 8.75. The topological polar surface area (TPSA) is 24.7 Å². The molecule has 2 nitrogen and oxygen atoms in total. The normalized spacial score (nSPS) is 11.7. The van der Waals surface area contributed by atoms with Crippen LogP contribution in [0, 0.1) is 7.43 Å². The van der Waals surface area contributed by atoms with Crippen molar-refractivity contribution in [1.29, 1.82) is 0 Å². The van der Waals surface area contributed by atoms with E-state index >= 15 is 0 Å². The molecular weight excluding hydrogens is 459 g/mol. The van der Waals surface area contributed by atoms with Gasteiger partial charge in [-0.25, -0.2) is 0 Å². The molecule has 2 aromatic rings. The second-order valence-corrected chi connectivity index (χ2v) is 8.75. The fraction of sp³-hybridized carbons (Fsp3) is 0.444. The molecule has 0 amide bonds. The number of aliphatic imine (C=N–C) groups is 2. The average Bonchev–Trinajstić information content (AvgIpc) is 2.64. The Morgan fingerprint density at radius 3 is 0.967 bits per heavy atom. The summed E-state index contributed by atoms with van der Waals surface area (Å²) in [4.78, 5) is 9.68. The van der Waals surface area contributed by atoms with Gasteiger partial charge >= 0.3 is 0 Å². The van der Waals surface area contributed by atoms with E-state index in [0.717, 1.165) is 11.4 Å². The Kier molecular flexibility index (Phi) is 12.3. The summed E-state index contributed by atoms with van der Waals surface area (Å²) in [6.45, 7) is 17.8. The molecule has 0 saturated carbocycles. The molecule has 0 atom stereocenters. The van der Waals surface area contributed by atoms with E-state index in [4.69, 9.17) is 9.98 Å². The summed E-state index contributed by atoms with van der Waals surface area (Å²) in [6.07, 6.45) is 3.71. The summed E-state index contributed by atoms with van der Waals surface area (Å²) in [5.41, 5.74) is 7.37. The molecule has 0 aliphatic rings. The third-order valence-electron chi connectivity index (χ3n) is 5.16. The standard InChI is InChI=1S/C26H36N2.CH3.Pd/c1-17(2)21-11-9-12-22(18(3)4)25(21)27-15-16-28-26-23(19(5)6)13-10-14-24(26)20(7)8;;/h9-20H,1-8H3;1H3;/q;-1;. The van der Waals surface area contributed by atoms with Crippen molar-refractivity contribution in [1.82, 2.24) is 0 Å². The van der Waals surface area contributed by atoms with Crippen LogP contribution in [0.1, 0.15) is 101 Å². The quantitative estimate of drug-likeness (QED) is 0.207. The molecule has 30 heavy (non-hydrogen) atoms. The van der Waals surface area contributed by atoms with Crippen LogP contribution in [0.25, 0.3) is 0 Å². The van der Waals surface area contributed by atoms with Crippen molar-refractivity contribution in [2.75, 3.05) is 0 Å². The van der Waals surface area contributed by atoms with Crippen LogP contribution in [-0.4, -0.2) is 12.4 Å². The van der Waals surface area contributed by atoms with E-state index in [-0.39, 0.29) is 27.8 Å². The zero-order valence-electron chi connectivity index (χ0n) is 20.1. The number of hydrogen-bond acceptors (Lipinski definition) is 2. The van der Waals surface area contributed by atoms with Crippen molar-refractivity contribution < 1.29 is 20.4 Å². The molecular formula is C27H39N2Pd-. The minimum Gasteiger partial charge on any atom is -0.358 e. The van der Waals surface area contributed by atoms with Gasteiger partial charge in [0.25, 0.3) is 0 Å². The Labute approximate surface area is 199 Å². The van der Waals surface area contributed by atoms with Gasteiger partial charge in [-0.05, 0) is 45.9 Å². The summed E-state index contributed by atoms with van der Waals surface area (Å²) in [7, 11) is 0. The molecule has 0 fully saturated rings. The van der Waals surface area contributed by atoms with Crippen LogP contribution in [0.4, 0.5) is 11.4 Å². The Hall–Kier alpha value is -1.56. The zero-order valence-corrected chi connectivity index (χ0v) is 21.7. The monoisotopic (exact) mass is 497 g/mol. The van der Waals surface area contributed by atoms with Crippen LogP contribution in [0.15, 0.2) is 46.4 Å². The molecule has 0 aromatic heterocycles. The van der Waals surface area contributed by atoms with Gasteiger partial charge in [-0.15, -0.1) is 0 Å². The third-order valence-corrected chi connectivity index (χ3v) is 5.16. The van der Waals surface area contributed by atoms with Gasteiger partial charge in [0.2, 0.25) is 0 Å². The summed E-state index contributed by atoms with van der Waals surface area (Å²) in [6, 6.07) is 13.0. The van der Waals surface area contributed by atoms with E-state index in [0.29, 0.717) is 23.7 Å². The van der Waals surface area contributed by atoms with Crippen LogP contribution >= 0.6 is 0 Å².